The normalized spacial score (nSPS) is 17.7. The van der Waals surface area contributed by atoms with Crippen molar-refractivity contribution in [3.8, 4) is 0 Å². The SMILES string of the molecule is NC1(Cc2ccccc2)C=NC=CN=C1. The molecule has 0 saturated heterocycles. The van der Waals surface area contributed by atoms with Crippen LogP contribution >= 0.6 is 0 Å². The Labute approximate surface area is 89.1 Å². The Morgan fingerprint density at radius 3 is 2.20 bits per heavy atom. The summed E-state index contributed by atoms with van der Waals surface area (Å²) in [6, 6.07) is 10.1. The van der Waals surface area contributed by atoms with Crippen LogP contribution in [0.2, 0.25) is 0 Å². The fourth-order valence-corrected chi connectivity index (χ4v) is 1.51. The molecule has 76 valence electrons. The van der Waals surface area contributed by atoms with Gasteiger partial charge in [0.25, 0.3) is 0 Å². The van der Waals surface area contributed by atoms with Crippen LogP contribution in [0.4, 0.5) is 0 Å². The molecule has 0 fully saturated rings. The topological polar surface area (TPSA) is 50.7 Å². The van der Waals surface area contributed by atoms with E-state index in [4.69, 9.17) is 5.73 Å². The van der Waals surface area contributed by atoms with Gasteiger partial charge in [0.05, 0.1) is 5.54 Å². The van der Waals surface area contributed by atoms with E-state index in [0.29, 0.717) is 6.42 Å². The van der Waals surface area contributed by atoms with Crippen LogP contribution < -0.4 is 5.73 Å². The van der Waals surface area contributed by atoms with Crippen LogP contribution in [-0.2, 0) is 6.42 Å². The third-order valence-electron chi connectivity index (χ3n) is 2.22. The van der Waals surface area contributed by atoms with Crippen molar-refractivity contribution in [3.05, 3.63) is 48.3 Å². The highest BCUT2D eigenvalue weighted by Gasteiger charge is 2.20. The largest absolute Gasteiger partial charge is 0.316 e. The van der Waals surface area contributed by atoms with Crippen molar-refractivity contribution in [2.45, 2.75) is 12.0 Å². The molecule has 1 aliphatic rings. The molecule has 0 aliphatic carbocycles. The zero-order chi connectivity index (χ0) is 10.6. The number of nitrogens with zero attached hydrogens (tertiary/aromatic N) is 2. The molecule has 1 aromatic rings. The van der Waals surface area contributed by atoms with Gasteiger partial charge in [-0.2, -0.15) is 0 Å². The smallest absolute Gasteiger partial charge is 0.0912 e. The third-order valence-corrected chi connectivity index (χ3v) is 2.22. The van der Waals surface area contributed by atoms with Gasteiger partial charge in [-0.3, -0.25) is 9.98 Å². The maximum atomic E-state index is 6.15. The Kier molecular flexibility index (Phi) is 2.74. The molecular weight excluding hydrogens is 186 g/mol. The minimum Gasteiger partial charge on any atom is -0.316 e. The second-order valence-electron chi connectivity index (χ2n) is 3.63. The summed E-state index contributed by atoms with van der Waals surface area (Å²) in [7, 11) is 0. The molecule has 0 unspecified atom stereocenters. The summed E-state index contributed by atoms with van der Waals surface area (Å²) in [4.78, 5) is 8.13. The van der Waals surface area contributed by atoms with Crippen molar-refractivity contribution in [3.63, 3.8) is 0 Å². The number of hydrogen-bond acceptors (Lipinski definition) is 3. The molecule has 1 heterocycles. The zero-order valence-corrected chi connectivity index (χ0v) is 8.38. The summed E-state index contributed by atoms with van der Waals surface area (Å²) in [5.74, 6) is 0. The minimum atomic E-state index is -0.579. The highest BCUT2D eigenvalue weighted by molar-refractivity contribution is 5.95. The van der Waals surface area contributed by atoms with E-state index >= 15 is 0 Å². The zero-order valence-electron chi connectivity index (χ0n) is 8.38. The van der Waals surface area contributed by atoms with Crippen molar-refractivity contribution in [2.75, 3.05) is 0 Å². The average molecular weight is 199 g/mol. The second kappa shape index (κ2) is 4.19. The molecule has 1 aromatic carbocycles. The highest BCUT2D eigenvalue weighted by Crippen LogP contribution is 2.09. The third kappa shape index (κ3) is 2.60. The molecule has 2 N–H and O–H groups in total. The van der Waals surface area contributed by atoms with Gasteiger partial charge >= 0.3 is 0 Å². The molecule has 0 saturated carbocycles. The van der Waals surface area contributed by atoms with Crippen LogP contribution in [0.15, 0.2) is 52.7 Å². The summed E-state index contributed by atoms with van der Waals surface area (Å²) in [6.45, 7) is 0. The standard InChI is InChI=1S/C12H13N3/c13-12(9-14-6-7-15-10-12)8-11-4-2-1-3-5-11/h1-7,9-10H,8,13H2. The fourth-order valence-electron chi connectivity index (χ4n) is 1.51. The van der Waals surface area contributed by atoms with Crippen LogP contribution in [0.1, 0.15) is 5.56 Å². The molecule has 3 heteroatoms. The van der Waals surface area contributed by atoms with Gasteiger partial charge in [-0.15, -0.1) is 0 Å². The monoisotopic (exact) mass is 199 g/mol. The van der Waals surface area contributed by atoms with Gasteiger partial charge in [0.2, 0.25) is 0 Å². The number of nitrogens with two attached hydrogens (primary N) is 1. The van der Waals surface area contributed by atoms with Crippen LogP contribution in [0, 0.1) is 0 Å². The van der Waals surface area contributed by atoms with E-state index in [1.54, 1.807) is 24.8 Å². The first-order valence-corrected chi connectivity index (χ1v) is 4.85. The van der Waals surface area contributed by atoms with Crippen LogP contribution in [0.3, 0.4) is 0 Å². The van der Waals surface area contributed by atoms with Crippen LogP contribution in [-0.4, -0.2) is 18.0 Å². The van der Waals surface area contributed by atoms with Crippen LogP contribution in [0.25, 0.3) is 0 Å². The van der Waals surface area contributed by atoms with E-state index in [0.717, 1.165) is 0 Å². The Bertz CT molecular complexity index is 388. The van der Waals surface area contributed by atoms with Gasteiger partial charge in [0.1, 0.15) is 0 Å². The number of rotatable bonds is 2. The van der Waals surface area contributed by atoms with Crippen molar-refractivity contribution in [1.82, 2.24) is 0 Å². The van der Waals surface area contributed by atoms with Gasteiger partial charge in [-0.05, 0) is 5.56 Å². The molecule has 0 aromatic heterocycles. The van der Waals surface area contributed by atoms with Crippen LogP contribution in [0.5, 0.6) is 0 Å². The maximum Gasteiger partial charge on any atom is 0.0912 e. The maximum absolute atomic E-state index is 6.15. The van der Waals surface area contributed by atoms with E-state index in [9.17, 15) is 0 Å². The lowest BCUT2D eigenvalue weighted by atomic mass is 9.94. The molecule has 0 atom stereocenters. The molecule has 0 amide bonds. The molecule has 0 radical (unpaired) electrons. The second-order valence-corrected chi connectivity index (χ2v) is 3.63. The molecule has 3 nitrogen and oxygen atoms in total. The number of aliphatic imine (C=N–C) groups is 2. The number of benzene rings is 1. The molecule has 0 bridgehead atoms. The van der Waals surface area contributed by atoms with E-state index in [1.165, 1.54) is 5.56 Å². The summed E-state index contributed by atoms with van der Waals surface area (Å²) >= 11 is 0. The van der Waals surface area contributed by atoms with Gasteiger partial charge in [-0.1, -0.05) is 30.3 Å². The lowest BCUT2D eigenvalue weighted by Crippen LogP contribution is -2.45. The summed E-state index contributed by atoms with van der Waals surface area (Å²) in [6.07, 6.45) is 7.44. The Balaban J connectivity index is 2.18. The average Bonchev–Trinajstić information content (AvgIpc) is 2.45. The Hall–Kier alpha value is -1.74. The van der Waals surface area contributed by atoms with E-state index < -0.39 is 5.54 Å². The van der Waals surface area contributed by atoms with Crippen molar-refractivity contribution in [1.29, 1.82) is 0 Å². The first kappa shape index (κ1) is 9.80. The van der Waals surface area contributed by atoms with Crippen molar-refractivity contribution >= 4 is 12.4 Å². The summed E-state index contributed by atoms with van der Waals surface area (Å²) in [5.41, 5.74) is 6.75. The summed E-state index contributed by atoms with van der Waals surface area (Å²) < 4.78 is 0. The number of hydrogen-bond donors (Lipinski definition) is 1. The van der Waals surface area contributed by atoms with Crippen molar-refractivity contribution in [2.24, 2.45) is 15.7 Å². The Morgan fingerprint density at radius 2 is 1.60 bits per heavy atom. The molecular formula is C12H13N3. The lowest BCUT2D eigenvalue weighted by Gasteiger charge is -2.19. The fraction of sp³-hybridized carbons (Fsp3) is 0.167. The molecule has 0 spiro atoms. The molecule has 1 aliphatic heterocycles. The summed E-state index contributed by atoms with van der Waals surface area (Å²) in [5, 5.41) is 0. The van der Waals surface area contributed by atoms with Crippen molar-refractivity contribution < 1.29 is 0 Å². The minimum absolute atomic E-state index is 0.579. The van der Waals surface area contributed by atoms with Gasteiger partial charge in [0, 0.05) is 31.2 Å². The molecule has 2 rings (SSSR count). The van der Waals surface area contributed by atoms with E-state index in [-0.39, 0.29) is 0 Å². The quantitative estimate of drug-likeness (QED) is 0.772. The molecule has 15 heavy (non-hydrogen) atoms. The highest BCUT2D eigenvalue weighted by atomic mass is 14.9. The van der Waals surface area contributed by atoms with E-state index in [2.05, 4.69) is 22.1 Å². The predicted octanol–water partition coefficient (Wildman–Crippen LogP) is 1.55. The Morgan fingerprint density at radius 1 is 1.00 bits per heavy atom. The first-order chi connectivity index (χ1) is 7.29. The van der Waals surface area contributed by atoms with Gasteiger partial charge in [0.15, 0.2) is 0 Å². The first-order valence-electron chi connectivity index (χ1n) is 4.85. The van der Waals surface area contributed by atoms with Gasteiger partial charge < -0.3 is 5.73 Å². The van der Waals surface area contributed by atoms with Gasteiger partial charge in [-0.25, -0.2) is 0 Å². The predicted molar refractivity (Wildman–Crippen MR) is 63.2 cm³/mol. The van der Waals surface area contributed by atoms with E-state index in [1.807, 2.05) is 18.2 Å². The lowest BCUT2D eigenvalue weighted by molar-refractivity contribution is 0.761.